The van der Waals surface area contributed by atoms with Crippen LogP contribution in [0.4, 0.5) is 5.69 Å². The number of amides is 2. The van der Waals surface area contributed by atoms with Crippen molar-refractivity contribution in [2.24, 2.45) is 5.41 Å². The van der Waals surface area contributed by atoms with Crippen LogP contribution in [0.2, 0.25) is 0 Å². The zero-order valence-corrected chi connectivity index (χ0v) is 17.1. The highest BCUT2D eigenvalue weighted by molar-refractivity contribution is 6.07. The Morgan fingerprint density at radius 3 is 2.58 bits per heavy atom. The van der Waals surface area contributed by atoms with Crippen LogP contribution in [0, 0.1) is 5.41 Å². The van der Waals surface area contributed by atoms with Gasteiger partial charge in [-0.15, -0.1) is 0 Å². The minimum atomic E-state index is -0.778. The maximum absolute atomic E-state index is 13.4. The number of rotatable bonds is 7. The van der Waals surface area contributed by atoms with Gasteiger partial charge in [0.25, 0.3) is 0 Å². The lowest BCUT2D eigenvalue weighted by Gasteiger charge is -2.34. The highest BCUT2D eigenvalue weighted by atomic mass is 16.3. The first-order chi connectivity index (χ1) is 15.1. The van der Waals surface area contributed by atoms with Gasteiger partial charge in [0.05, 0.1) is 24.8 Å². The minimum absolute atomic E-state index is 0.0380. The molecule has 158 valence electrons. The quantitative estimate of drug-likeness (QED) is 0.641. The van der Waals surface area contributed by atoms with E-state index in [1.165, 1.54) is 0 Å². The third kappa shape index (κ3) is 3.43. The van der Waals surface area contributed by atoms with Crippen molar-refractivity contribution in [2.45, 2.75) is 25.4 Å². The van der Waals surface area contributed by atoms with Gasteiger partial charge in [0.15, 0.2) is 0 Å². The van der Waals surface area contributed by atoms with Gasteiger partial charge >= 0.3 is 0 Å². The Morgan fingerprint density at radius 2 is 1.84 bits per heavy atom. The molecule has 6 nitrogen and oxygen atoms in total. The molecule has 31 heavy (non-hydrogen) atoms. The molecule has 0 bridgehead atoms. The Bertz CT molecular complexity index is 1100. The predicted molar refractivity (Wildman–Crippen MR) is 115 cm³/mol. The summed E-state index contributed by atoms with van der Waals surface area (Å²) in [6.45, 7) is 0.462. The van der Waals surface area contributed by atoms with Crippen molar-refractivity contribution in [1.82, 2.24) is 4.90 Å². The van der Waals surface area contributed by atoms with Crippen LogP contribution in [0.1, 0.15) is 29.2 Å². The molecule has 1 N–H and O–H groups in total. The van der Waals surface area contributed by atoms with Crippen LogP contribution >= 0.6 is 0 Å². The van der Waals surface area contributed by atoms with E-state index in [4.69, 9.17) is 4.42 Å². The maximum Gasteiger partial charge on any atom is 0.243 e. The van der Waals surface area contributed by atoms with Crippen LogP contribution < -0.4 is 4.90 Å². The summed E-state index contributed by atoms with van der Waals surface area (Å²) in [5.74, 6) is 0.389. The minimum Gasteiger partial charge on any atom is -0.467 e. The van der Waals surface area contributed by atoms with Gasteiger partial charge in [-0.3, -0.25) is 9.59 Å². The molecule has 2 aliphatic rings. The van der Waals surface area contributed by atoms with E-state index >= 15 is 0 Å². The lowest BCUT2D eigenvalue weighted by molar-refractivity contribution is -0.134. The molecule has 2 heterocycles. The van der Waals surface area contributed by atoms with Gasteiger partial charge in [-0.2, -0.15) is 0 Å². The Hall–Kier alpha value is -3.38. The predicted octanol–water partition coefficient (Wildman–Crippen LogP) is 3.32. The van der Waals surface area contributed by atoms with Crippen LogP contribution in [0.3, 0.4) is 0 Å². The molecule has 2 atom stereocenters. The maximum atomic E-state index is 13.4. The van der Waals surface area contributed by atoms with Gasteiger partial charge < -0.3 is 19.3 Å². The third-order valence-corrected chi connectivity index (χ3v) is 6.42. The third-order valence-electron chi connectivity index (χ3n) is 6.42. The summed E-state index contributed by atoms with van der Waals surface area (Å²) in [6.07, 6.45) is 2.22. The number of benzene rings is 2. The first kappa shape index (κ1) is 19.6. The zero-order valence-electron chi connectivity index (χ0n) is 17.1. The van der Waals surface area contributed by atoms with Crippen LogP contribution in [-0.2, 0) is 22.7 Å². The number of carbonyl (C=O) groups excluding carboxylic acids is 2. The summed E-state index contributed by atoms with van der Waals surface area (Å²) in [6, 6.07) is 21.1. The zero-order chi connectivity index (χ0) is 21.4. The van der Waals surface area contributed by atoms with Gasteiger partial charge in [-0.25, -0.2) is 0 Å². The van der Waals surface area contributed by atoms with Crippen molar-refractivity contribution in [3.63, 3.8) is 0 Å². The molecule has 0 radical (unpaired) electrons. The molecular formula is C25H24N2O4. The molecule has 1 aromatic heterocycles. The van der Waals surface area contributed by atoms with Gasteiger partial charge in [0.1, 0.15) is 12.3 Å². The molecule has 1 saturated carbocycles. The summed E-state index contributed by atoms with van der Waals surface area (Å²) >= 11 is 0. The first-order valence-electron chi connectivity index (χ1n) is 10.5. The number of hydrogen-bond donors (Lipinski definition) is 1. The highest BCUT2D eigenvalue weighted by Crippen LogP contribution is 2.64. The fourth-order valence-corrected chi connectivity index (χ4v) is 4.62. The molecule has 2 amide bonds. The number of aliphatic hydroxyl groups is 1. The van der Waals surface area contributed by atoms with Gasteiger partial charge in [0, 0.05) is 18.2 Å². The van der Waals surface area contributed by atoms with Gasteiger partial charge in [-0.05, 0) is 35.7 Å². The fraction of sp³-hybridized carbons (Fsp3) is 0.280. The van der Waals surface area contributed by atoms with Crippen LogP contribution in [0.5, 0.6) is 0 Å². The Kier molecular flexibility index (Phi) is 4.87. The molecule has 6 heteroatoms. The first-order valence-corrected chi connectivity index (χ1v) is 10.5. The fourth-order valence-electron chi connectivity index (χ4n) is 4.62. The van der Waals surface area contributed by atoms with E-state index in [0.29, 0.717) is 25.3 Å². The smallest absolute Gasteiger partial charge is 0.243 e. The number of para-hydroxylation sites is 1. The van der Waals surface area contributed by atoms with E-state index in [1.54, 1.807) is 22.1 Å². The summed E-state index contributed by atoms with van der Waals surface area (Å²) in [7, 11) is 0. The Labute approximate surface area is 180 Å². The Morgan fingerprint density at radius 1 is 1.06 bits per heavy atom. The van der Waals surface area contributed by atoms with Crippen LogP contribution in [0.25, 0.3) is 0 Å². The lowest BCUT2D eigenvalue weighted by Crippen LogP contribution is -2.48. The highest BCUT2D eigenvalue weighted by Gasteiger charge is 2.65. The van der Waals surface area contributed by atoms with Crippen molar-refractivity contribution >= 4 is 17.5 Å². The van der Waals surface area contributed by atoms with Gasteiger partial charge in [0.2, 0.25) is 11.8 Å². The van der Waals surface area contributed by atoms with Crippen molar-refractivity contribution < 1.29 is 19.1 Å². The largest absolute Gasteiger partial charge is 0.467 e. The molecule has 5 rings (SSSR count). The monoisotopic (exact) mass is 416 g/mol. The molecule has 1 aliphatic carbocycles. The molecule has 0 spiro atoms. The average Bonchev–Trinajstić information content (AvgIpc) is 3.36. The molecule has 0 unspecified atom stereocenters. The second-order valence-electron chi connectivity index (χ2n) is 8.34. The standard InChI is InChI=1S/C25H24N2O4/c28-17-25-13-21(25)20-10-4-5-11-22(20)27(24(25)30)16-23(29)26(15-19-9-6-12-31-19)14-18-7-2-1-3-8-18/h1-12,21,28H,13-17H2/t21-,25+/m0/s1. The SMILES string of the molecule is O=C(CN1C(=O)[C@@]2(CO)C[C@H]2c2ccccc21)N(Cc1ccccc1)Cc1ccco1. The number of aliphatic hydroxyl groups excluding tert-OH is 1. The topological polar surface area (TPSA) is 74.0 Å². The normalized spacial score (nSPS) is 21.4. The number of hydrogen-bond acceptors (Lipinski definition) is 4. The molecule has 3 aromatic rings. The number of anilines is 1. The summed E-state index contributed by atoms with van der Waals surface area (Å²) in [5.41, 5.74) is 2.02. The van der Waals surface area contributed by atoms with E-state index in [0.717, 1.165) is 16.8 Å². The van der Waals surface area contributed by atoms with Gasteiger partial charge in [-0.1, -0.05) is 48.5 Å². The van der Waals surface area contributed by atoms with E-state index in [-0.39, 0.29) is 30.9 Å². The molecule has 1 aliphatic heterocycles. The second-order valence-corrected chi connectivity index (χ2v) is 8.34. The van der Waals surface area contributed by atoms with Crippen molar-refractivity contribution in [3.8, 4) is 0 Å². The summed E-state index contributed by atoms with van der Waals surface area (Å²) in [5, 5.41) is 9.96. The Balaban J connectivity index is 1.42. The van der Waals surface area contributed by atoms with Crippen LogP contribution in [-0.4, -0.2) is 35.0 Å². The summed E-state index contributed by atoms with van der Waals surface area (Å²) < 4.78 is 5.47. The van der Waals surface area contributed by atoms with Crippen molar-refractivity contribution in [1.29, 1.82) is 0 Å². The van der Waals surface area contributed by atoms with Crippen molar-refractivity contribution in [2.75, 3.05) is 18.1 Å². The van der Waals surface area contributed by atoms with E-state index < -0.39 is 5.41 Å². The van der Waals surface area contributed by atoms with Crippen molar-refractivity contribution in [3.05, 3.63) is 89.9 Å². The molecule has 1 fully saturated rings. The molecule has 2 aromatic carbocycles. The number of furan rings is 1. The summed E-state index contributed by atoms with van der Waals surface area (Å²) in [4.78, 5) is 30.0. The number of carbonyl (C=O) groups is 2. The van der Waals surface area contributed by atoms with Crippen LogP contribution in [0.15, 0.2) is 77.4 Å². The average molecular weight is 416 g/mol. The molecule has 0 saturated heterocycles. The second kappa shape index (κ2) is 7.71. The number of nitrogens with zero attached hydrogens (tertiary/aromatic N) is 2. The van der Waals surface area contributed by atoms with E-state index in [2.05, 4.69) is 0 Å². The number of fused-ring (bicyclic) bond motifs is 3. The lowest BCUT2D eigenvalue weighted by atomic mass is 9.92. The van der Waals surface area contributed by atoms with E-state index in [9.17, 15) is 14.7 Å². The van der Waals surface area contributed by atoms with E-state index in [1.807, 2.05) is 60.7 Å². The molecular weight excluding hydrogens is 392 g/mol.